The molecule has 0 bridgehead atoms. The Kier molecular flexibility index (Phi) is 3.22. The summed E-state index contributed by atoms with van der Waals surface area (Å²) in [6, 6.07) is 12.1. The summed E-state index contributed by atoms with van der Waals surface area (Å²) in [5.41, 5.74) is 7.60. The third-order valence-electron chi connectivity index (χ3n) is 2.42. The van der Waals surface area contributed by atoms with E-state index in [-0.39, 0.29) is 5.82 Å². The molecular weight excluding hydrogens is 225 g/mol. The highest BCUT2D eigenvalue weighted by Gasteiger charge is 2.05. The first-order valence-corrected chi connectivity index (χ1v) is 5.33. The van der Waals surface area contributed by atoms with Crippen molar-refractivity contribution in [1.82, 2.24) is 0 Å². The van der Waals surface area contributed by atoms with Crippen molar-refractivity contribution in [2.75, 3.05) is 0 Å². The molecule has 0 aromatic heterocycles. The zero-order valence-corrected chi connectivity index (χ0v) is 9.34. The van der Waals surface area contributed by atoms with Crippen LogP contribution in [0.2, 0.25) is 5.02 Å². The Bertz CT molecular complexity index is 494. The smallest absolute Gasteiger partial charge is 0.131 e. The minimum absolute atomic E-state index is 0.259. The summed E-state index contributed by atoms with van der Waals surface area (Å²) < 4.78 is 13.7. The molecule has 0 atom stereocenters. The molecule has 0 aliphatic rings. The first kappa shape index (κ1) is 11.1. The van der Waals surface area contributed by atoms with Gasteiger partial charge in [0, 0.05) is 17.1 Å². The number of nitrogens with two attached hydrogens (primary N) is 1. The van der Waals surface area contributed by atoms with Gasteiger partial charge in [0.05, 0.1) is 0 Å². The predicted octanol–water partition coefficient (Wildman–Crippen LogP) is 3.60. The van der Waals surface area contributed by atoms with Crippen molar-refractivity contribution in [2.24, 2.45) is 5.73 Å². The topological polar surface area (TPSA) is 26.0 Å². The van der Waals surface area contributed by atoms with E-state index in [0.717, 1.165) is 11.1 Å². The van der Waals surface area contributed by atoms with Crippen LogP contribution in [0.5, 0.6) is 0 Å². The molecule has 0 aliphatic heterocycles. The largest absolute Gasteiger partial charge is 0.326 e. The van der Waals surface area contributed by atoms with E-state index >= 15 is 0 Å². The first-order valence-electron chi connectivity index (χ1n) is 4.95. The number of benzene rings is 2. The average molecular weight is 236 g/mol. The van der Waals surface area contributed by atoms with Gasteiger partial charge in [-0.05, 0) is 29.3 Å². The lowest BCUT2D eigenvalue weighted by atomic mass is 10.0. The summed E-state index contributed by atoms with van der Waals surface area (Å²) in [6.45, 7) is 0.345. The highest BCUT2D eigenvalue weighted by molar-refractivity contribution is 6.30. The van der Waals surface area contributed by atoms with E-state index in [1.54, 1.807) is 30.3 Å². The maximum absolute atomic E-state index is 13.7. The van der Waals surface area contributed by atoms with Crippen LogP contribution in [0.1, 0.15) is 5.56 Å². The molecule has 0 saturated heterocycles. The third kappa shape index (κ3) is 2.23. The maximum atomic E-state index is 13.7. The normalized spacial score (nSPS) is 10.4. The van der Waals surface area contributed by atoms with Crippen LogP contribution in [0, 0.1) is 5.82 Å². The standard InChI is InChI=1S/C13H11ClFN/c14-11-4-2-10(3-5-11)12-6-1-9(8-16)7-13(12)15/h1-7H,8,16H2. The Labute approximate surface area is 98.7 Å². The second-order valence-electron chi connectivity index (χ2n) is 3.53. The van der Waals surface area contributed by atoms with Crippen LogP contribution < -0.4 is 5.73 Å². The van der Waals surface area contributed by atoms with E-state index in [9.17, 15) is 4.39 Å². The van der Waals surface area contributed by atoms with Gasteiger partial charge in [0.15, 0.2) is 0 Å². The molecule has 3 heteroatoms. The number of rotatable bonds is 2. The van der Waals surface area contributed by atoms with Crippen LogP contribution in [0.25, 0.3) is 11.1 Å². The molecule has 2 N–H and O–H groups in total. The molecule has 0 fully saturated rings. The second kappa shape index (κ2) is 4.64. The maximum Gasteiger partial charge on any atom is 0.131 e. The lowest BCUT2D eigenvalue weighted by Crippen LogP contribution is -1.97. The lowest BCUT2D eigenvalue weighted by Gasteiger charge is -2.05. The Morgan fingerprint density at radius 2 is 1.75 bits per heavy atom. The van der Waals surface area contributed by atoms with Gasteiger partial charge in [-0.1, -0.05) is 35.9 Å². The fourth-order valence-corrected chi connectivity index (χ4v) is 1.68. The Morgan fingerprint density at radius 3 is 2.31 bits per heavy atom. The summed E-state index contributed by atoms with van der Waals surface area (Å²) >= 11 is 5.78. The third-order valence-corrected chi connectivity index (χ3v) is 2.68. The van der Waals surface area contributed by atoms with Crippen LogP contribution >= 0.6 is 11.6 Å². The van der Waals surface area contributed by atoms with E-state index < -0.39 is 0 Å². The second-order valence-corrected chi connectivity index (χ2v) is 3.96. The number of hydrogen-bond donors (Lipinski definition) is 1. The molecule has 0 unspecified atom stereocenters. The zero-order valence-electron chi connectivity index (χ0n) is 8.58. The van der Waals surface area contributed by atoms with Crippen molar-refractivity contribution in [3.63, 3.8) is 0 Å². The van der Waals surface area contributed by atoms with Crippen molar-refractivity contribution in [2.45, 2.75) is 6.54 Å². The molecule has 16 heavy (non-hydrogen) atoms. The minimum atomic E-state index is -0.259. The van der Waals surface area contributed by atoms with E-state index in [1.165, 1.54) is 6.07 Å². The van der Waals surface area contributed by atoms with E-state index in [1.807, 2.05) is 6.07 Å². The Hall–Kier alpha value is -1.38. The summed E-state index contributed by atoms with van der Waals surface area (Å²) in [7, 11) is 0. The highest BCUT2D eigenvalue weighted by atomic mass is 35.5. The average Bonchev–Trinajstić information content (AvgIpc) is 2.30. The van der Waals surface area contributed by atoms with Crippen molar-refractivity contribution < 1.29 is 4.39 Å². The SMILES string of the molecule is NCc1ccc(-c2ccc(Cl)cc2)c(F)c1. The molecule has 2 rings (SSSR count). The molecule has 82 valence electrons. The fourth-order valence-electron chi connectivity index (χ4n) is 1.55. The molecule has 0 heterocycles. The van der Waals surface area contributed by atoms with Crippen molar-refractivity contribution in [3.05, 3.63) is 58.9 Å². The van der Waals surface area contributed by atoms with Gasteiger partial charge in [-0.3, -0.25) is 0 Å². The minimum Gasteiger partial charge on any atom is -0.326 e. The van der Waals surface area contributed by atoms with E-state index in [4.69, 9.17) is 17.3 Å². The number of halogens is 2. The molecule has 0 saturated carbocycles. The molecule has 0 radical (unpaired) electrons. The van der Waals surface area contributed by atoms with Crippen molar-refractivity contribution in [1.29, 1.82) is 0 Å². The molecular formula is C13H11ClFN. The van der Waals surface area contributed by atoms with Crippen LogP contribution in [0.4, 0.5) is 4.39 Å². The molecule has 0 aliphatic carbocycles. The molecule has 2 aromatic carbocycles. The molecule has 0 spiro atoms. The van der Waals surface area contributed by atoms with Gasteiger partial charge in [0.1, 0.15) is 5.82 Å². The number of hydrogen-bond acceptors (Lipinski definition) is 1. The van der Waals surface area contributed by atoms with Crippen LogP contribution in [0.3, 0.4) is 0 Å². The Balaban J connectivity index is 2.44. The van der Waals surface area contributed by atoms with E-state index in [0.29, 0.717) is 17.1 Å². The lowest BCUT2D eigenvalue weighted by molar-refractivity contribution is 0.629. The Morgan fingerprint density at radius 1 is 1.06 bits per heavy atom. The van der Waals surface area contributed by atoms with Crippen molar-refractivity contribution in [3.8, 4) is 11.1 Å². The zero-order chi connectivity index (χ0) is 11.5. The summed E-state index contributed by atoms with van der Waals surface area (Å²) in [5, 5.41) is 0.641. The van der Waals surface area contributed by atoms with Crippen LogP contribution in [-0.2, 0) is 6.54 Å². The van der Waals surface area contributed by atoms with Gasteiger partial charge < -0.3 is 5.73 Å². The first-order chi connectivity index (χ1) is 7.70. The summed E-state index contributed by atoms with van der Waals surface area (Å²) in [6.07, 6.45) is 0. The summed E-state index contributed by atoms with van der Waals surface area (Å²) in [4.78, 5) is 0. The fraction of sp³-hybridized carbons (Fsp3) is 0.0769. The molecule has 2 aromatic rings. The van der Waals surface area contributed by atoms with Gasteiger partial charge in [-0.15, -0.1) is 0 Å². The van der Waals surface area contributed by atoms with Crippen molar-refractivity contribution >= 4 is 11.6 Å². The highest BCUT2D eigenvalue weighted by Crippen LogP contribution is 2.24. The predicted molar refractivity (Wildman–Crippen MR) is 64.7 cm³/mol. The monoisotopic (exact) mass is 235 g/mol. The van der Waals surface area contributed by atoms with Crippen LogP contribution in [-0.4, -0.2) is 0 Å². The van der Waals surface area contributed by atoms with Gasteiger partial charge in [-0.25, -0.2) is 4.39 Å². The quantitative estimate of drug-likeness (QED) is 0.846. The van der Waals surface area contributed by atoms with Gasteiger partial charge in [-0.2, -0.15) is 0 Å². The van der Waals surface area contributed by atoms with Gasteiger partial charge >= 0.3 is 0 Å². The summed E-state index contributed by atoms with van der Waals surface area (Å²) in [5.74, 6) is -0.259. The molecule has 0 amide bonds. The van der Waals surface area contributed by atoms with Crippen LogP contribution in [0.15, 0.2) is 42.5 Å². The van der Waals surface area contributed by atoms with Gasteiger partial charge in [0.2, 0.25) is 0 Å². The van der Waals surface area contributed by atoms with E-state index in [2.05, 4.69) is 0 Å². The van der Waals surface area contributed by atoms with Gasteiger partial charge in [0.25, 0.3) is 0 Å². The molecule has 1 nitrogen and oxygen atoms in total.